The minimum atomic E-state index is -0.105. The van der Waals surface area contributed by atoms with Gasteiger partial charge in [-0.1, -0.05) is 42.1 Å². The number of thioether (sulfide) groups is 1. The first kappa shape index (κ1) is 13.6. The van der Waals surface area contributed by atoms with Gasteiger partial charge in [-0.3, -0.25) is 4.79 Å². The fourth-order valence-corrected chi connectivity index (χ4v) is 2.53. The van der Waals surface area contributed by atoms with Gasteiger partial charge in [0.1, 0.15) is 0 Å². The van der Waals surface area contributed by atoms with E-state index in [-0.39, 0.29) is 11.7 Å². The van der Waals surface area contributed by atoms with Gasteiger partial charge in [0.25, 0.3) is 5.22 Å². The van der Waals surface area contributed by atoms with Gasteiger partial charge in [-0.15, -0.1) is 10.2 Å². The molecule has 21 heavy (non-hydrogen) atoms. The van der Waals surface area contributed by atoms with Crippen molar-refractivity contribution < 1.29 is 9.21 Å². The van der Waals surface area contributed by atoms with Gasteiger partial charge in [-0.2, -0.15) is 0 Å². The molecule has 3 rings (SSSR count). The Labute approximate surface area is 125 Å². The predicted molar refractivity (Wildman–Crippen MR) is 82.3 cm³/mol. The molecule has 6 heteroatoms. The Bertz CT molecular complexity index is 785. The molecule has 0 saturated carbocycles. The topological polar surface area (TPSA) is 68.0 Å². The maximum absolute atomic E-state index is 11.9. The van der Waals surface area contributed by atoms with Gasteiger partial charge >= 0.3 is 0 Å². The van der Waals surface area contributed by atoms with Crippen molar-refractivity contribution in [2.45, 2.75) is 12.1 Å². The number of nitrogens with zero attached hydrogens (tertiary/aromatic N) is 2. The van der Waals surface area contributed by atoms with E-state index in [9.17, 15) is 4.79 Å². The molecule has 0 spiro atoms. The highest BCUT2D eigenvalue weighted by molar-refractivity contribution is 7.99. The number of aryl methyl sites for hydroxylation is 1. The smallest absolute Gasteiger partial charge is 0.277 e. The number of rotatable bonds is 4. The first-order valence-electron chi connectivity index (χ1n) is 6.42. The van der Waals surface area contributed by atoms with Crippen LogP contribution in [0.3, 0.4) is 0 Å². The minimum absolute atomic E-state index is 0.105. The summed E-state index contributed by atoms with van der Waals surface area (Å²) in [7, 11) is 0. The van der Waals surface area contributed by atoms with Gasteiger partial charge in [0.15, 0.2) is 0 Å². The fourth-order valence-electron chi connectivity index (χ4n) is 1.93. The number of carbonyl (C=O) groups is 1. The number of hydrogen-bond acceptors (Lipinski definition) is 5. The second kappa shape index (κ2) is 5.97. The molecule has 1 N–H and O–H groups in total. The number of hydrogen-bond donors (Lipinski definition) is 1. The highest BCUT2D eigenvalue weighted by atomic mass is 32.2. The lowest BCUT2D eigenvalue weighted by molar-refractivity contribution is -0.113. The van der Waals surface area contributed by atoms with Crippen LogP contribution in [-0.2, 0) is 4.79 Å². The van der Waals surface area contributed by atoms with Crippen molar-refractivity contribution in [2.75, 3.05) is 11.1 Å². The molecule has 0 aliphatic rings. The molecule has 0 aliphatic carbocycles. The predicted octanol–water partition coefficient (Wildman–Crippen LogP) is 3.26. The normalized spacial score (nSPS) is 10.7. The van der Waals surface area contributed by atoms with E-state index < -0.39 is 0 Å². The first-order chi connectivity index (χ1) is 10.2. The SMILES string of the molecule is Cc1nnc(SCC(=O)Nc2ccc3ccccc3c2)o1. The Morgan fingerprint density at radius 2 is 2.00 bits per heavy atom. The summed E-state index contributed by atoms with van der Waals surface area (Å²) in [6.07, 6.45) is 0. The molecule has 0 radical (unpaired) electrons. The number of anilines is 1. The summed E-state index contributed by atoms with van der Waals surface area (Å²) in [5.74, 6) is 0.618. The third-order valence-electron chi connectivity index (χ3n) is 2.87. The molecule has 1 amide bonds. The van der Waals surface area contributed by atoms with E-state index in [4.69, 9.17) is 4.42 Å². The second-order valence-electron chi connectivity index (χ2n) is 4.49. The molecule has 106 valence electrons. The number of carbonyl (C=O) groups excluding carboxylic acids is 1. The maximum atomic E-state index is 11.9. The second-order valence-corrected chi connectivity index (χ2v) is 5.41. The number of aromatic nitrogens is 2. The molecule has 1 heterocycles. The summed E-state index contributed by atoms with van der Waals surface area (Å²) in [5, 5.41) is 13.0. The van der Waals surface area contributed by atoms with Crippen LogP contribution in [-0.4, -0.2) is 21.9 Å². The van der Waals surface area contributed by atoms with E-state index in [0.29, 0.717) is 11.1 Å². The number of nitrogens with one attached hydrogen (secondary N) is 1. The van der Waals surface area contributed by atoms with Crippen LogP contribution < -0.4 is 5.32 Å². The van der Waals surface area contributed by atoms with Crippen molar-refractivity contribution in [1.29, 1.82) is 0 Å². The summed E-state index contributed by atoms with van der Waals surface area (Å²) < 4.78 is 5.20. The van der Waals surface area contributed by atoms with Crippen LogP contribution in [0, 0.1) is 6.92 Å². The fraction of sp³-hybridized carbons (Fsp3) is 0.133. The summed E-state index contributed by atoms with van der Waals surface area (Å²) in [6, 6.07) is 13.8. The summed E-state index contributed by atoms with van der Waals surface area (Å²) >= 11 is 1.22. The van der Waals surface area contributed by atoms with Crippen LogP contribution in [0.2, 0.25) is 0 Å². The van der Waals surface area contributed by atoms with Gasteiger partial charge in [-0.05, 0) is 22.9 Å². The van der Waals surface area contributed by atoms with Gasteiger partial charge in [0.05, 0.1) is 5.75 Å². The van der Waals surface area contributed by atoms with E-state index in [2.05, 4.69) is 15.5 Å². The lowest BCUT2D eigenvalue weighted by atomic mass is 10.1. The van der Waals surface area contributed by atoms with Gasteiger partial charge in [0.2, 0.25) is 11.8 Å². The maximum Gasteiger partial charge on any atom is 0.277 e. The molecule has 0 aliphatic heterocycles. The quantitative estimate of drug-likeness (QED) is 0.749. The van der Waals surface area contributed by atoms with Crippen LogP contribution >= 0.6 is 11.8 Å². The van der Waals surface area contributed by atoms with Crippen molar-refractivity contribution >= 4 is 34.1 Å². The van der Waals surface area contributed by atoms with Crippen molar-refractivity contribution in [2.24, 2.45) is 0 Å². The average molecular weight is 299 g/mol. The van der Waals surface area contributed by atoms with E-state index in [1.54, 1.807) is 6.92 Å². The van der Waals surface area contributed by atoms with Crippen LogP contribution in [0.5, 0.6) is 0 Å². The van der Waals surface area contributed by atoms with Crippen LogP contribution in [0.15, 0.2) is 52.1 Å². The summed E-state index contributed by atoms with van der Waals surface area (Å²) in [5.41, 5.74) is 0.779. The third-order valence-corrected chi connectivity index (χ3v) is 3.69. The van der Waals surface area contributed by atoms with Crippen LogP contribution in [0.25, 0.3) is 10.8 Å². The Morgan fingerprint density at radius 3 is 2.76 bits per heavy atom. The third kappa shape index (κ3) is 3.41. The zero-order valence-electron chi connectivity index (χ0n) is 11.4. The highest BCUT2D eigenvalue weighted by Crippen LogP contribution is 2.20. The van der Waals surface area contributed by atoms with Crippen LogP contribution in [0.4, 0.5) is 5.69 Å². The average Bonchev–Trinajstić information content (AvgIpc) is 2.91. The molecular formula is C15H13N3O2S. The molecule has 0 unspecified atom stereocenters. The molecule has 1 aromatic heterocycles. The summed E-state index contributed by atoms with van der Waals surface area (Å²) in [6.45, 7) is 1.71. The van der Waals surface area contributed by atoms with Crippen LogP contribution in [0.1, 0.15) is 5.89 Å². The van der Waals surface area contributed by atoms with Crippen molar-refractivity contribution in [3.05, 3.63) is 48.4 Å². The molecule has 0 bridgehead atoms. The Hall–Kier alpha value is -2.34. The molecule has 2 aromatic carbocycles. The van der Waals surface area contributed by atoms with Gasteiger partial charge in [0, 0.05) is 12.6 Å². The molecular weight excluding hydrogens is 286 g/mol. The van der Waals surface area contributed by atoms with Crippen molar-refractivity contribution in [1.82, 2.24) is 10.2 Å². The number of amides is 1. The number of benzene rings is 2. The van der Waals surface area contributed by atoms with Crippen molar-refractivity contribution in [3.8, 4) is 0 Å². The minimum Gasteiger partial charge on any atom is -0.416 e. The van der Waals surface area contributed by atoms with Crippen molar-refractivity contribution in [3.63, 3.8) is 0 Å². The van der Waals surface area contributed by atoms with E-state index >= 15 is 0 Å². The Kier molecular flexibility index (Phi) is 3.87. The van der Waals surface area contributed by atoms with E-state index in [0.717, 1.165) is 16.5 Å². The molecule has 0 fully saturated rings. The Morgan fingerprint density at radius 1 is 1.19 bits per heavy atom. The molecule has 3 aromatic rings. The van der Waals surface area contributed by atoms with Gasteiger partial charge < -0.3 is 9.73 Å². The van der Waals surface area contributed by atoms with E-state index in [1.165, 1.54) is 11.8 Å². The Balaban J connectivity index is 1.63. The van der Waals surface area contributed by atoms with Gasteiger partial charge in [-0.25, -0.2) is 0 Å². The molecule has 0 atom stereocenters. The standard InChI is InChI=1S/C15H13N3O2S/c1-10-17-18-15(20-10)21-9-14(19)16-13-7-6-11-4-2-3-5-12(11)8-13/h2-8H,9H2,1H3,(H,16,19). The zero-order valence-corrected chi connectivity index (χ0v) is 12.2. The van der Waals surface area contributed by atoms with E-state index in [1.807, 2.05) is 42.5 Å². The molecule has 0 saturated heterocycles. The summed E-state index contributed by atoms with van der Waals surface area (Å²) in [4.78, 5) is 11.9. The highest BCUT2D eigenvalue weighted by Gasteiger charge is 2.08. The zero-order chi connectivity index (χ0) is 14.7. The largest absolute Gasteiger partial charge is 0.416 e. The number of fused-ring (bicyclic) bond motifs is 1. The monoisotopic (exact) mass is 299 g/mol. The molecule has 5 nitrogen and oxygen atoms in total. The lowest BCUT2D eigenvalue weighted by Gasteiger charge is -2.05. The lowest BCUT2D eigenvalue weighted by Crippen LogP contribution is -2.13. The first-order valence-corrected chi connectivity index (χ1v) is 7.41.